The van der Waals surface area contributed by atoms with Crippen molar-refractivity contribution in [2.24, 2.45) is 0 Å². The van der Waals surface area contributed by atoms with Crippen LogP contribution in [0.5, 0.6) is 11.5 Å². The predicted molar refractivity (Wildman–Crippen MR) is 242 cm³/mol. The molecule has 0 heterocycles. The number of hydrogen-bond acceptors (Lipinski definition) is 3. The first-order valence-corrected chi connectivity index (χ1v) is 22.4. The molecule has 1 unspecified atom stereocenters. The fraction of sp³-hybridized carbons (Fsp3) is 0.647. The lowest BCUT2D eigenvalue weighted by atomic mass is 9.77. The second-order valence-corrected chi connectivity index (χ2v) is 23.4. The zero-order valence-electron chi connectivity index (χ0n) is 38.9. The van der Waals surface area contributed by atoms with Crippen molar-refractivity contribution in [3.8, 4) is 11.5 Å². The van der Waals surface area contributed by atoms with Crippen molar-refractivity contribution >= 4 is 8.60 Å². The molecule has 3 aromatic carbocycles. The summed E-state index contributed by atoms with van der Waals surface area (Å²) in [4.78, 5) is 0. The molecule has 0 aliphatic carbocycles. The highest BCUT2D eigenvalue weighted by molar-refractivity contribution is 7.42. The van der Waals surface area contributed by atoms with Gasteiger partial charge < -0.3 is 9.05 Å². The van der Waals surface area contributed by atoms with E-state index in [4.69, 9.17) is 13.6 Å². The van der Waals surface area contributed by atoms with Gasteiger partial charge in [0.05, 0.1) is 6.61 Å². The Morgan fingerprint density at radius 3 is 1.42 bits per heavy atom. The van der Waals surface area contributed by atoms with Crippen LogP contribution in [0.4, 0.5) is 0 Å². The summed E-state index contributed by atoms with van der Waals surface area (Å²) < 4.78 is 21.0. The summed E-state index contributed by atoms with van der Waals surface area (Å²) >= 11 is 0. The quantitative estimate of drug-likeness (QED) is 0.121. The second kappa shape index (κ2) is 18.1. The van der Waals surface area contributed by atoms with Crippen molar-refractivity contribution in [2.45, 2.75) is 209 Å². The summed E-state index contributed by atoms with van der Waals surface area (Å²) in [5, 5.41) is 0. The van der Waals surface area contributed by atoms with Crippen molar-refractivity contribution in [1.82, 2.24) is 0 Å². The Morgan fingerprint density at radius 1 is 0.455 bits per heavy atom. The SMILES string of the molecule is CCCCCCCCOP(Oc1ccc(C(C)(C)C)cc1C(C)(C)C)Oc1c(Cc2cc(C(C)(C)C)cc(C(C)(C)C)c2)cc(C(C)(C)C)cc1C(C)(C)C. The smallest absolute Gasteiger partial charge is 0.417 e. The Labute approximate surface area is 341 Å². The molecule has 0 N–H and O–H groups in total. The summed E-state index contributed by atoms with van der Waals surface area (Å²) in [6.07, 6.45) is 7.94. The molecular weight excluding hydrogens is 692 g/mol. The van der Waals surface area contributed by atoms with E-state index in [0.717, 1.165) is 30.8 Å². The maximum atomic E-state index is 7.27. The molecule has 0 saturated heterocycles. The van der Waals surface area contributed by atoms with Crippen molar-refractivity contribution in [3.63, 3.8) is 0 Å². The van der Waals surface area contributed by atoms with E-state index in [9.17, 15) is 0 Å². The van der Waals surface area contributed by atoms with E-state index >= 15 is 0 Å². The molecule has 3 nitrogen and oxygen atoms in total. The molecule has 308 valence electrons. The standard InChI is InChI=1S/C51H81O3P/c1-20-21-22-23-24-25-28-52-55(53-44-27-26-38(46(2,3)4)34-42(44)50(14,15)16)54-45-37(32-41(49(11,12)13)35-43(45)51(17,18)19)29-36-30-39(47(5,6)7)33-40(31-36)48(8,9)10/h26-27,30-35H,20-25,28-29H2,1-19H3. The lowest BCUT2D eigenvalue weighted by Crippen LogP contribution is -2.20. The highest BCUT2D eigenvalue weighted by Crippen LogP contribution is 2.50. The average Bonchev–Trinajstić information content (AvgIpc) is 3.02. The molecule has 0 aliphatic rings. The van der Waals surface area contributed by atoms with Gasteiger partial charge in [0.25, 0.3) is 0 Å². The Kier molecular flexibility index (Phi) is 15.4. The van der Waals surface area contributed by atoms with E-state index in [0.29, 0.717) is 6.61 Å². The van der Waals surface area contributed by atoms with Gasteiger partial charge in [-0.1, -0.05) is 206 Å². The fourth-order valence-corrected chi connectivity index (χ4v) is 7.81. The molecular formula is C51H81O3P. The topological polar surface area (TPSA) is 27.7 Å². The fourth-order valence-electron chi connectivity index (χ4n) is 6.71. The van der Waals surface area contributed by atoms with Gasteiger partial charge in [0.2, 0.25) is 0 Å². The minimum atomic E-state index is -1.78. The zero-order chi connectivity index (χ0) is 41.8. The third-order valence-corrected chi connectivity index (χ3v) is 11.7. The van der Waals surface area contributed by atoms with Crippen molar-refractivity contribution in [2.75, 3.05) is 6.61 Å². The maximum absolute atomic E-state index is 7.27. The number of benzene rings is 3. The highest BCUT2D eigenvalue weighted by atomic mass is 31.2. The van der Waals surface area contributed by atoms with Gasteiger partial charge in [0.15, 0.2) is 0 Å². The Hall–Kier alpha value is -2.35. The molecule has 0 fully saturated rings. The van der Waals surface area contributed by atoms with Gasteiger partial charge in [-0.05, 0) is 78.4 Å². The van der Waals surface area contributed by atoms with Crippen LogP contribution in [0.25, 0.3) is 0 Å². The normalized spacial score (nSPS) is 13.9. The molecule has 0 aromatic heterocycles. The Morgan fingerprint density at radius 2 is 0.927 bits per heavy atom. The Balaban J connectivity index is 2.26. The van der Waals surface area contributed by atoms with Crippen LogP contribution in [0, 0.1) is 0 Å². The molecule has 0 radical (unpaired) electrons. The molecule has 0 aliphatic heterocycles. The molecule has 3 rings (SSSR count). The van der Waals surface area contributed by atoms with Gasteiger partial charge in [-0.25, -0.2) is 0 Å². The van der Waals surface area contributed by atoms with Crippen LogP contribution >= 0.6 is 8.60 Å². The average molecular weight is 773 g/mol. The van der Waals surface area contributed by atoms with Gasteiger partial charge in [0.1, 0.15) is 11.5 Å². The summed E-state index contributed by atoms with van der Waals surface area (Å²) in [5.74, 6) is 1.74. The zero-order valence-corrected chi connectivity index (χ0v) is 39.8. The van der Waals surface area contributed by atoms with Gasteiger partial charge in [-0.3, -0.25) is 4.52 Å². The van der Waals surface area contributed by atoms with E-state index in [2.05, 4.69) is 180 Å². The summed E-state index contributed by atoms with van der Waals surface area (Å²) in [6.45, 7) is 44.2. The number of hydrogen-bond donors (Lipinski definition) is 0. The molecule has 1 atom stereocenters. The van der Waals surface area contributed by atoms with Gasteiger partial charge in [-0.15, -0.1) is 0 Å². The van der Waals surface area contributed by atoms with Gasteiger partial charge in [-0.2, -0.15) is 0 Å². The van der Waals surface area contributed by atoms with Crippen LogP contribution in [0.1, 0.15) is 215 Å². The van der Waals surface area contributed by atoms with Crippen molar-refractivity contribution < 1.29 is 13.6 Å². The lowest BCUT2D eigenvalue weighted by Gasteiger charge is -2.32. The van der Waals surface area contributed by atoms with Crippen LogP contribution in [-0.4, -0.2) is 6.61 Å². The molecule has 0 spiro atoms. The molecule has 4 heteroatoms. The maximum Gasteiger partial charge on any atom is 0.463 e. The lowest BCUT2D eigenvalue weighted by molar-refractivity contribution is 0.255. The first kappa shape index (κ1) is 47.0. The summed E-state index contributed by atoms with van der Waals surface area (Å²) in [6, 6.07) is 18.7. The van der Waals surface area contributed by atoms with E-state index in [1.807, 2.05) is 0 Å². The molecule has 0 saturated carbocycles. The predicted octanol–water partition coefficient (Wildman–Crippen LogP) is 16.1. The second-order valence-electron chi connectivity index (χ2n) is 22.3. The van der Waals surface area contributed by atoms with Crippen molar-refractivity contribution in [3.05, 3.63) is 93.0 Å². The number of unbranched alkanes of at least 4 members (excludes halogenated alkanes) is 5. The monoisotopic (exact) mass is 773 g/mol. The summed E-state index contributed by atoms with van der Waals surface area (Å²) in [7, 11) is -1.78. The van der Waals surface area contributed by atoms with Gasteiger partial charge in [0, 0.05) is 17.5 Å². The van der Waals surface area contributed by atoms with E-state index < -0.39 is 8.60 Å². The minimum absolute atomic E-state index is 0.0243. The van der Waals surface area contributed by atoms with Crippen molar-refractivity contribution in [1.29, 1.82) is 0 Å². The molecule has 0 amide bonds. The molecule has 3 aromatic rings. The van der Waals surface area contributed by atoms with Crippen LogP contribution in [0.15, 0.2) is 48.5 Å². The highest BCUT2D eigenvalue weighted by Gasteiger charge is 2.32. The first-order chi connectivity index (χ1) is 25.0. The first-order valence-electron chi connectivity index (χ1n) is 21.3. The van der Waals surface area contributed by atoms with E-state index in [-0.39, 0.29) is 32.5 Å². The van der Waals surface area contributed by atoms with Crippen LogP contribution in [-0.2, 0) is 43.4 Å². The third-order valence-electron chi connectivity index (χ3n) is 10.6. The van der Waals surface area contributed by atoms with Crippen LogP contribution < -0.4 is 9.05 Å². The molecule has 0 bridgehead atoms. The third kappa shape index (κ3) is 13.9. The van der Waals surface area contributed by atoms with E-state index in [1.165, 1.54) is 70.2 Å². The number of rotatable bonds is 14. The minimum Gasteiger partial charge on any atom is -0.417 e. The molecule has 55 heavy (non-hydrogen) atoms. The van der Waals surface area contributed by atoms with Gasteiger partial charge >= 0.3 is 8.60 Å². The van der Waals surface area contributed by atoms with Crippen LogP contribution in [0.3, 0.4) is 0 Å². The van der Waals surface area contributed by atoms with E-state index in [1.54, 1.807) is 0 Å². The Bertz CT molecular complexity index is 1660. The largest absolute Gasteiger partial charge is 0.463 e. The van der Waals surface area contributed by atoms with Crippen LogP contribution in [0.2, 0.25) is 0 Å². The summed E-state index contributed by atoms with van der Waals surface area (Å²) in [5.41, 5.74) is 9.92.